The number of alkyl halides is 3. The smallest absolute Gasteiger partial charge is 0.475 e. The van der Waals surface area contributed by atoms with Gasteiger partial charge in [-0.05, 0) is 91.3 Å². The summed E-state index contributed by atoms with van der Waals surface area (Å²) in [6.45, 7) is 12.5. The average molecular weight is 558 g/mol. The van der Waals surface area contributed by atoms with Gasteiger partial charge in [-0.3, -0.25) is 4.79 Å². The highest BCUT2D eigenvalue weighted by Crippen LogP contribution is 2.67. The van der Waals surface area contributed by atoms with Crippen molar-refractivity contribution in [3.05, 3.63) is 11.6 Å². The summed E-state index contributed by atoms with van der Waals surface area (Å²) in [6, 6.07) is 0. The Balaban J connectivity index is 0.000000532. The Kier molecular flexibility index (Phi) is 10.3. The maximum Gasteiger partial charge on any atom is 0.490 e. The molecule has 5 nitrogen and oxygen atoms in total. The molecule has 0 aromatic carbocycles. The molecule has 39 heavy (non-hydrogen) atoms. The molecule has 224 valence electrons. The lowest BCUT2D eigenvalue weighted by atomic mass is 9.47. The van der Waals surface area contributed by atoms with E-state index < -0.39 is 12.1 Å². The molecular formula is C31H50F3NO4. The molecule has 0 saturated heterocycles. The summed E-state index contributed by atoms with van der Waals surface area (Å²) in [5.41, 5.74) is 7.93. The molecule has 0 aromatic heterocycles. The van der Waals surface area contributed by atoms with E-state index in [1.165, 1.54) is 57.8 Å². The molecule has 4 rings (SSSR count). The van der Waals surface area contributed by atoms with Gasteiger partial charge in [-0.25, -0.2) is 4.79 Å². The fourth-order valence-corrected chi connectivity index (χ4v) is 8.99. The number of hydrogen-bond acceptors (Lipinski definition) is 4. The number of fused-ring (bicyclic) bond motifs is 5. The number of nitrogens with two attached hydrogens (primary N) is 1. The van der Waals surface area contributed by atoms with Crippen LogP contribution in [-0.2, 0) is 14.3 Å². The van der Waals surface area contributed by atoms with Crippen molar-refractivity contribution in [3.8, 4) is 0 Å². The summed E-state index contributed by atoms with van der Waals surface area (Å²) in [7, 11) is 0. The van der Waals surface area contributed by atoms with Gasteiger partial charge in [0.1, 0.15) is 6.10 Å². The molecule has 0 radical (unpaired) electrons. The Bertz CT molecular complexity index is 903. The van der Waals surface area contributed by atoms with Crippen molar-refractivity contribution in [2.45, 2.75) is 118 Å². The van der Waals surface area contributed by atoms with Crippen molar-refractivity contribution < 1.29 is 32.6 Å². The number of ether oxygens (including phenoxy) is 1. The van der Waals surface area contributed by atoms with Crippen molar-refractivity contribution in [1.29, 1.82) is 0 Å². The number of carbonyl (C=O) groups excluding carboxylic acids is 1. The van der Waals surface area contributed by atoms with Crippen molar-refractivity contribution >= 4 is 11.9 Å². The van der Waals surface area contributed by atoms with E-state index in [1.807, 2.05) is 0 Å². The molecule has 0 spiro atoms. The number of halogens is 3. The molecule has 3 saturated carbocycles. The Hall–Kier alpha value is -1.57. The maximum atomic E-state index is 11.7. The van der Waals surface area contributed by atoms with Crippen LogP contribution in [0.25, 0.3) is 0 Å². The molecule has 4 aliphatic rings. The van der Waals surface area contributed by atoms with Crippen molar-refractivity contribution in [2.24, 2.45) is 52.1 Å². The van der Waals surface area contributed by atoms with Crippen LogP contribution in [-0.4, -0.2) is 35.9 Å². The molecule has 0 aliphatic heterocycles. The first-order chi connectivity index (χ1) is 18.1. The minimum atomic E-state index is -5.08. The number of rotatable bonds is 7. The average Bonchev–Trinajstić information content (AvgIpc) is 3.21. The number of aliphatic carboxylic acids is 1. The van der Waals surface area contributed by atoms with E-state index in [2.05, 4.69) is 40.7 Å². The topological polar surface area (TPSA) is 89.6 Å². The molecule has 0 bridgehead atoms. The summed E-state index contributed by atoms with van der Waals surface area (Å²) in [5.74, 6) is 2.21. The van der Waals surface area contributed by atoms with Gasteiger partial charge in [0, 0.05) is 6.42 Å². The van der Waals surface area contributed by atoms with Gasteiger partial charge < -0.3 is 15.6 Å². The molecule has 3 unspecified atom stereocenters. The number of carboxylic acid groups (broad SMARTS) is 1. The first-order valence-electron chi connectivity index (χ1n) is 15.0. The minimum Gasteiger partial charge on any atom is -0.475 e. The lowest BCUT2D eigenvalue weighted by Crippen LogP contribution is -2.51. The van der Waals surface area contributed by atoms with Gasteiger partial charge in [-0.1, -0.05) is 65.5 Å². The lowest BCUT2D eigenvalue weighted by Gasteiger charge is -2.58. The van der Waals surface area contributed by atoms with Gasteiger partial charge in [-0.2, -0.15) is 13.2 Å². The molecule has 0 aromatic rings. The van der Waals surface area contributed by atoms with Gasteiger partial charge in [0.25, 0.3) is 0 Å². The van der Waals surface area contributed by atoms with E-state index in [0.29, 0.717) is 10.8 Å². The predicted octanol–water partition coefficient (Wildman–Crippen LogP) is 7.53. The van der Waals surface area contributed by atoms with Crippen LogP contribution in [0, 0.1) is 46.3 Å². The number of esters is 1. The van der Waals surface area contributed by atoms with Gasteiger partial charge in [0.2, 0.25) is 0 Å². The number of hydrogen-bond donors (Lipinski definition) is 2. The molecular weight excluding hydrogens is 507 g/mol. The quantitative estimate of drug-likeness (QED) is 0.249. The molecule has 8 heteroatoms. The van der Waals surface area contributed by atoms with Crippen LogP contribution >= 0.6 is 0 Å². The monoisotopic (exact) mass is 557 g/mol. The van der Waals surface area contributed by atoms with Gasteiger partial charge in [-0.15, -0.1) is 0 Å². The Morgan fingerprint density at radius 1 is 1.08 bits per heavy atom. The first kappa shape index (κ1) is 32.0. The number of carbonyl (C=O) groups is 2. The zero-order chi connectivity index (χ0) is 29.2. The SMILES string of the molecule is CC(C)CCC[C@@H](C)[C@H]1CCC2C3CC=C4C[C@@H](OC(=O)CN)CC[C@]4(C)C3CC[C@@]21C.O=C(O)C(F)(F)F. The van der Waals surface area contributed by atoms with Crippen LogP contribution in [0.2, 0.25) is 0 Å². The Morgan fingerprint density at radius 2 is 1.74 bits per heavy atom. The second-order valence-corrected chi connectivity index (χ2v) is 13.7. The van der Waals surface area contributed by atoms with Crippen molar-refractivity contribution in [3.63, 3.8) is 0 Å². The largest absolute Gasteiger partial charge is 0.490 e. The van der Waals surface area contributed by atoms with Crippen molar-refractivity contribution in [1.82, 2.24) is 0 Å². The van der Waals surface area contributed by atoms with E-state index in [9.17, 15) is 18.0 Å². The van der Waals surface area contributed by atoms with Crippen LogP contribution in [0.1, 0.15) is 105 Å². The van der Waals surface area contributed by atoms with Crippen LogP contribution in [0.3, 0.4) is 0 Å². The highest BCUT2D eigenvalue weighted by Gasteiger charge is 2.59. The normalized spacial score (nSPS) is 36.5. The highest BCUT2D eigenvalue weighted by molar-refractivity contribution is 5.73. The fourth-order valence-electron chi connectivity index (χ4n) is 8.99. The van der Waals surface area contributed by atoms with E-state index in [1.54, 1.807) is 5.57 Å². The third-order valence-electron chi connectivity index (χ3n) is 11.0. The Morgan fingerprint density at radius 3 is 2.33 bits per heavy atom. The lowest BCUT2D eigenvalue weighted by molar-refractivity contribution is -0.192. The number of carboxylic acids is 1. The minimum absolute atomic E-state index is 0.00512. The highest BCUT2D eigenvalue weighted by atomic mass is 19.4. The molecule has 4 aliphatic carbocycles. The zero-order valence-electron chi connectivity index (χ0n) is 24.5. The first-order valence-corrected chi connectivity index (χ1v) is 15.0. The second kappa shape index (κ2) is 12.5. The van der Waals surface area contributed by atoms with E-state index in [0.717, 1.165) is 48.3 Å². The second-order valence-electron chi connectivity index (χ2n) is 13.7. The molecule has 3 N–H and O–H groups in total. The van der Waals surface area contributed by atoms with E-state index in [4.69, 9.17) is 20.4 Å². The summed E-state index contributed by atoms with van der Waals surface area (Å²) in [6.07, 6.45) is 11.8. The van der Waals surface area contributed by atoms with E-state index in [-0.39, 0.29) is 18.6 Å². The summed E-state index contributed by atoms with van der Waals surface area (Å²) in [4.78, 5) is 20.6. The van der Waals surface area contributed by atoms with Crippen LogP contribution in [0.15, 0.2) is 11.6 Å². The third-order valence-corrected chi connectivity index (χ3v) is 11.0. The standard InChI is InChI=1S/C29H49NO2.C2HF3O2/c1-19(2)7-6-8-20(3)24-11-12-25-23-10-9-21-17-22(32-27(31)18-30)13-15-28(21,4)26(23)14-16-29(24,25)5;3-2(4,5)1(6)7/h9,19-20,22-26H,6-8,10-18,30H2,1-5H3;(H,6,7)/t20-,22+,23?,24-,25?,26?,28+,29-;/m1./s1. The van der Waals surface area contributed by atoms with Gasteiger partial charge >= 0.3 is 18.1 Å². The third kappa shape index (κ3) is 7.02. The maximum absolute atomic E-state index is 11.7. The van der Waals surface area contributed by atoms with E-state index >= 15 is 0 Å². The summed E-state index contributed by atoms with van der Waals surface area (Å²) < 4.78 is 37.4. The van der Waals surface area contributed by atoms with Crippen LogP contribution in [0.4, 0.5) is 13.2 Å². The Labute approximate surface area is 232 Å². The zero-order valence-corrected chi connectivity index (χ0v) is 24.5. The number of allylic oxidation sites excluding steroid dienone is 1. The van der Waals surface area contributed by atoms with Crippen LogP contribution < -0.4 is 5.73 Å². The molecule has 8 atom stereocenters. The molecule has 0 amide bonds. The summed E-state index contributed by atoms with van der Waals surface area (Å²) in [5, 5.41) is 7.12. The van der Waals surface area contributed by atoms with Crippen LogP contribution in [0.5, 0.6) is 0 Å². The summed E-state index contributed by atoms with van der Waals surface area (Å²) >= 11 is 0. The predicted molar refractivity (Wildman–Crippen MR) is 146 cm³/mol. The fraction of sp³-hybridized carbons (Fsp3) is 0.871. The molecule has 0 heterocycles. The van der Waals surface area contributed by atoms with Crippen molar-refractivity contribution in [2.75, 3.05) is 6.54 Å². The van der Waals surface area contributed by atoms with Gasteiger partial charge in [0.15, 0.2) is 0 Å². The van der Waals surface area contributed by atoms with Gasteiger partial charge in [0.05, 0.1) is 6.54 Å². The molecule has 3 fully saturated rings.